The number of likely N-dealkylation sites (N-methyl/N-ethyl adjacent to an activating group) is 1. The molecule has 0 radical (unpaired) electrons. The molecule has 0 fully saturated rings. The van der Waals surface area contributed by atoms with Crippen molar-refractivity contribution in [2.24, 2.45) is 0 Å². The third kappa shape index (κ3) is 47.7. The van der Waals surface area contributed by atoms with Crippen LogP contribution in [0.15, 0.2) is 24.5 Å². The number of hydrogen-bond donors (Lipinski definition) is 1. The number of ether oxygens (including phenoxy) is 2. The Labute approximate surface area is 366 Å². The van der Waals surface area contributed by atoms with Gasteiger partial charge in [0, 0.05) is 6.42 Å². The van der Waals surface area contributed by atoms with Gasteiger partial charge in [-0.3, -0.25) is 13.8 Å². The SMILES string of the molecule is CCCCCCCC/C=C\CCCCCCCCCCCCCC(=O)O[C@H](CO/C=C\CCCCCCCCCCCCCCCC)COP(=O)(O)OCC[N+](C)(C)C. The first kappa shape index (κ1) is 57.8. The van der Waals surface area contributed by atoms with Gasteiger partial charge in [0.1, 0.15) is 19.8 Å². The molecule has 350 valence electrons. The molecule has 2 atom stereocenters. The van der Waals surface area contributed by atoms with Crippen LogP contribution in [0.25, 0.3) is 0 Å². The smallest absolute Gasteiger partial charge is 0.472 e. The van der Waals surface area contributed by atoms with Crippen LogP contribution in [0.4, 0.5) is 0 Å². The van der Waals surface area contributed by atoms with Crippen molar-refractivity contribution in [2.45, 2.75) is 245 Å². The molecule has 1 N–H and O–H groups in total. The number of esters is 1. The summed E-state index contributed by atoms with van der Waals surface area (Å²) in [5.74, 6) is -0.333. The van der Waals surface area contributed by atoms with E-state index >= 15 is 0 Å². The molecular weight excluding hydrogens is 758 g/mol. The average molecular weight is 857 g/mol. The molecule has 0 aromatic carbocycles. The molecule has 1 unspecified atom stereocenters. The maximum absolute atomic E-state index is 12.7. The molecule has 0 spiro atoms. The van der Waals surface area contributed by atoms with E-state index in [0.717, 1.165) is 32.1 Å². The van der Waals surface area contributed by atoms with Gasteiger partial charge in [0.05, 0.1) is 34.0 Å². The van der Waals surface area contributed by atoms with E-state index in [0.29, 0.717) is 17.4 Å². The van der Waals surface area contributed by atoms with Crippen LogP contribution in [-0.2, 0) is 27.9 Å². The molecule has 0 amide bonds. The number of carbonyl (C=O) groups is 1. The number of phosphoric acid groups is 1. The third-order valence-electron chi connectivity index (χ3n) is 11.1. The molecule has 59 heavy (non-hydrogen) atoms. The number of allylic oxidation sites excluding steroid dienone is 3. The number of rotatable bonds is 47. The van der Waals surface area contributed by atoms with E-state index in [2.05, 4.69) is 26.0 Å². The summed E-state index contributed by atoms with van der Waals surface area (Å²) in [6.07, 6.45) is 51.7. The van der Waals surface area contributed by atoms with E-state index in [1.165, 1.54) is 186 Å². The Kier molecular flexibility index (Phi) is 42.6. The second kappa shape index (κ2) is 43.5. The summed E-state index contributed by atoms with van der Waals surface area (Å²) in [6, 6.07) is 0. The zero-order valence-corrected chi connectivity index (χ0v) is 40.6. The van der Waals surface area contributed by atoms with Gasteiger partial charge in [0.15, 0.2) is 6.10 Å². The minimum Gasteiger partial charge on any atom is -0.498 e. The summed E-state index contributed by atoms with van der Waals surface area (Å²) in [4.78, 5) is 23.0. The molecule has 0 saturated heterocycles. The lowest BCUT2D eigenvalue weighted by Gasteiger charge is -2.24. The Hall–Kier alpha value is -1.18. The highest BCUT2D eigenvalue weighted by molar-refractivity contribution is 7.47. The monoisotopic (exact) mass is 857 g/mol. The first-order valence-electron chi connectivity index (χ1n) is 25.1. The minimum atomic E-state index is -4.29. The highest BCUT2D eigenvalue weighted by Gasteiger charge is 2.26. The van der Waals surface area contributed by atoms with Crippen molar-refractivity contribution in [2.75, 3.05) is 47.5 Å². The van der Waals surface area contributed by atoms with E-state index in [4.69, 9.17) is 18.5 Å². The first-order chi connectivity index (χ1) is 28.6. The van der Waals surface area contributed by atoms with E-state index in [-0.39, 0.29) is 25.8 Å². The van der Waals surface area contributed by atoms with Gasteiger partial charge in [-0.25, -0.2) is 4.57 Å². The lowest BCUT2D eigenvalue weighted by molar-refractivity contribution is -0.870. The van der Waals surface area contributed by atoms with E-state index in [1.54, 1.807) is 6.26 Å². The molecule has 0 aliphatic rings. The van der Waals surface area contributed by atoms with Crippen molar-refractivity contribution < 1.29 is 37.3 Å². The van der Waals surface area contributed by atoms with Gasteiger partial charge in [0.2, 0.25) is 0 Å². The Morgan fingerprint density at radius 2 is 0.898 bits per heavy atom. The van der Waals surface area contributed by atoms with E-state index < -0.39 is 13.9 Å². The number of nitrogens with zero attached hydrogens (tertiary/aromatic N) is 1. The Morgan fingerprint density at radius 3 is 1.31 bits per heavy atom. The van der Waals surface area contributed by atoms with Gasteiger partial charge < -0.3 is 18.9 Å². The Bertz CT molecular complexity index is 998. The molecule has 0 aliphatic heterocycles. The van der Waals surface area contributed by atoms with Gasteiger partial charge in [0.25, 0.3) is 0 Å². The van der Waals surface area contributed by atoms with Crippen LogP contribution in [0.5, 0.6) is 0 Å². The zero-order valence-electron chi connectivity index (χ0n) is 39.8. The average Bonchev–Trinajstić information content (AvgIpc) is 3.19. The summed E-state index contributed by atoms with van der Waals surface area (Å²) >= 11 is 0. The summed E-state index contributed by atoms with van der Waals surface area (Å²) in [5, 5.41) is 0. The third-order valence-corrected chi connectivity index (χ3v) is 12.1. The number of carbonyl (C=O) groups excluding carboxylic acids is 1. The minimum absolute atomic E-state index is 0.0518. The second-order valence-corrected chi connectivity index (χ2v) is 19.7. The summed E-state index contributed by atoms with van der Waals surface area (Å²) in [6.45, 7) is 4.96. The maximum Gasteiger partial charge on any atom is 0.472 e. The Balaban J connectivity index is 4.16. The molecule has 0 aromatic heterocycles. The van der Waals surface area contributed by atoms with Gasteiger partial charge in [-0.1, -0.05) is 199 Å². The lowest BCUT2D eigenvalue weighted by atomic mass is 10.0. The summed E-state index contributed by atoms with van der Waals surface area (Å²) in [5.41, 5.74) is 0. The quantitative estimate of drug-likeness (QED) is 0.0163. The van der Waals surface area contributed by atoms with Crippen LogP contribution in [0.3, 0.4) is 0 Å². The van der Waals surface area contributed by atoms with Crippen LogP contribution in [0.2, 0.25) is 0 Å². The lowest BCUT2D eigenvalue weighted by Crippen LogP contribution is -2.37. The Morgan fingerprint density at radius 1 is 0.525 bits per heavy atom. The van der Waals surface area contributed by atoms with Crippen LogP contribution in [0.1, 0.15) is 239 Å². The number of hydrogen-bond acceptors (Lipinski definition) is 6. The molecule has 0 heterocycles. The normalized spacial score (nSPS) is 13.7. The zero-order chi connectivity index (χ0) is 43.4. The van der Waals surface area contributed by atoms with E-state index in [1.807, 2.05) is 27.2 Å². The van der Waals surface area contributed by atoms with Gasteiger partial charge >= 0.3 is 13.8 Å². The van der Waals surface area contributed by atoms with Gasteiger partial charge in [-0.15, -0.1) is 0 Å². The van der Waals surface area contributed by atoms with Crippen LogP contribution in [0, 0.1) is 0 Å². The van der Waals surface area contributed by atoms with Crippen LogP contribution >= 0.6 is 7.82 Å². The van der Waals surface area contributed by atoms with Crippen LogP contribution in [-0.4, -0.2) is 69.0 Å². The predicted molar refractivity (Wildman–Crippen MR) is 252 cm³/mol. The van der Waals surface area contributed by atoms with E-state index in [9.17, 15) is 14.3 Å². The molecule has 8 nitrogen and oxygen atoms in total. The summed E-state index contributed by atoms with van der Waals surface area (Å²) in [7, 11) is 1.65. The molecule has 0 aromatic rings. The van der Waals surface area contributed by atoms with Gasteiger partial charge in [-0.05, 0) is 51.0 Å². The molecule has 9 heteroatoms. The fraction of sp³-hybridized carbons (Fsp3) is 0.900. The molecule has 0 bridgehead atoms. The van der Waals surface area contributed by atoms with Crippen LogP contribution < -0.4 is 0 Å². The van der Waals surface area contributed by atoms with Crippen molar-refractivity contribution in [1.29, 1.82) is 0 Å². The second-order valence-electron chi connectivity index (χ2n) is 18.3. The van der Waals surface area contributed by atoms with Crippen molar-refractivity contribution in [3.05, 3.63) is 24.5 Å². The van der Waals surface area contributed by atoms with Crippen molar-refractivity contribution in [3.63, 3.8) is 0 Å². The molecule has 0 rings (SSSR count). The number of phosphoric ester groups is 1. The maximum atomic E-state index is 12.7. The van der Waals surface area contributed by atoms with Gasteiger partial charge in [-0.2, -0.15) is 0 Å². The summed E-state index contributed by atoms with van der Waals surface area (Å²) < 4.78 is 34.9. The topological polar surface area (TPSA) is 91.3 Å². The standard InChI is InChI=1S/C50H98NO7P/c1-6-8-10-12-14-16-18-20-22-24-25-26-27-28-29-31-33-35-37-39-41-43-50(52)58-49(48-57-59(53,54)56-46-44-51(3,4)5)47-55-45-42-40-38-36-34-32-30-23-21-19-17-15-13-11-9-7-2/h20,22,42,45,49H,6-19,21,23-41,43-44,46-48H2,1-5H3/p+1/b22-20-,45-42-/t49-/m1/s1. The molecular formula is C50H99NO7P+. The number of unbranched alkanes of at least 4 members (excludes halogenated alkanes) is 31. The largest absolute Gasteiger partial charge is 0.498 e. The fourth-order valence-corrected chi connectivity index (χ4v) is 7.90. The fourth-order valence-electron chi connectivity index (χ4n) is 7.16. The van der Waals surface area contributed by atoms with Crippen molar-refractivity contribution >= 4 is 13.8 Å². The molecule has 0 aliphatic carbocycles. The molecule has 0 saturated carbocycles. The predicted octanol–water partition coefficient (Wildman–Crippen LogP) is 15.5. The number of quaternary nitrogens is 1. The highest BCUT2D eigenvalue weighted by Crippen LogP contribution is 2.43. The highest BCUT2D eigenvalue weighted by atomic mass is 31.2. The first-order valence-corrected chi connectivity index (χ1v) is 26.6. The van der Waals surface area contributed by atoms with Crippen molar-refractivity contribution in [1.82, 2.24) is 0 Å². The van der Waals surface area contributed by atoms with Crippen molar-refractivity contribution in [3.8, 4) is 0 Å².